The molecule has 4 rings (SSSR count). The lowest BCUT2D eigenvalue weighted by atomic mass is 9.75. The molecule has 0 aliphatic carbocycles. The van der Waals surface area contributed by atoms with E-state index in [9.17, 15) is 14.4 Å². The molecule has 0 unspecified atom stereocenters. The van der Waals surface area contributed by atoms with Gasteiger partial charge in [0, 0.05) is 39.0 Å². The SMILES string of the molecule is CO[C@H]1C(=O)N(C)C2(CCN(C(=O)/C=C/c3ccccc3)CC2)[C@@H]1C(=O)Nc1ccccc1. The summed E-state index contributed by atoms with van der Waals surface area (Å²) in [4.78, 5) is 42.5. The summed E-state index contributed by atoms with van der Waals surface area (Å²) in [7, 11) is 3.20. The van der Waals surface area contributed by atoms with E-state index in [4.69, 9.17) is 4.74 Å². The molecular formula is C26H29N3O4. The number of anilines is 1. The minimum Gasteiger partial charge on any atom is -0.371 e. The van der Waals surface area contributed by atoms with E-state index in [1.54, 1.807) is 29.0 Å². The molecule has 7 heteroatoms. The number of para-hydroxylation sites is 1. The number of nitrogens with zero attached hydrogens (tertiary/aromatic N) is 2. The average molecular weight is 448 g/mol. The Morgan fingerprint density at radius 2 is 1.64 bits per heavy atom. The molecule has 2 fully saturated rings. The van der Waals surface area contributed by atoms with Gasteiger partial charge in [0.15, 0.2) is 0 Å². The van der Waals surface area contributed by atoms with Gasteiger partial charge in [0.05, 0.1) is 11.5 Å². The Balaban J connectivity index is 1.50. The molecule has 2 aromatic rings. The van der Waals surface area contributed by atoms with Crippen molar-refractivity contribution in [3.05, 3.63) is 72.3 Å². The first-order chi connectivity index (χ1) is 16.0. The Morgan fingerprint density at radius 1 is 1.03 bits per heavy atom. The number of rotatable bonds is 5. The third-order valence-electron chi connectivity index (χ3n) is 6.86. The summed E-state index contributed by atoms with van der Waals surface area (Å²) >= 11 is 0. The molecule has 172 valence electrons. The van der Waals surface area contributed by atoms with Crippen LogP contribution in [0.15, 0.2) is 66.7 Å². The number of likely N-dealkylation sites (tertiary alicyclic amines) is 2. The predicted octanol–water partition coefficient (Wildman–Crippen LogP) is 2.80. The zero-order chi connectivity index (χ0) is 23.4. The van der Waals surface area contributed by atoms with Crippen molar-refractivity contribution in [2.24, 2.45) is 5.92 Å². The molecule has 0 radical (unpaired) electrons. The van der Waals surface area contributed by atoms with E-state index < -0.39 is 17.6 Å². The maximum Gasteiger partial charge on any atom is 0.252 e. The lowest BCUT2D eigenvalue weighted by molar-refractivity contribution is -0.138. The molecule has 0 bridgehead atoms. The number of carbonyl (C=O) groups excluding carboxylic acids is 3. The quantitative estimate of drug-likeness (QED) is 0.715. The highest BCUT2D eigenvalue weighted by Crippen LogP contribution is 2.44. The number of ether oxygens (including phenoxy) is 1. The van der Waals surface area contributed by atoms with E-state index in [0.29, 0.717) is 31.6 Å². The van der Waals surface area contributed by atoms with E-state index in [1.165, 1.54) is 7.11 Å². The van der Waals surface area contributed by atoms with Crippen molar-refractivity contribution < 1.29 is 19.1 Å². The maximum absolute atomic E-state index is 13.4. The first-order valence-corrected chi connectivity index (χ1v) is 11.1. The highest BCUT2D eigenvalue weighted by molar-refractivity contribution is 6.01. The van der Waals surface area contributed by atoms with Gasteiger partial charge >= 0.3 is 0 Å². The number of hydrogen-bond donors (Lipinski definition) is 1. The third kappa shape index (κ3) is 4.41. The van der Waals surface area contributed by atoms with Crippen molar-refractivity contribution in [3.63, 3.8) is 0 Å². The van der Waals surface area contributed by atoms with Crippen molar-refractivity contribution >= 4 is 29.5 Å². The van der Waals surface area contributed by atoms with Crippen LogP contribution in [0.2, 0.25) is 0 Å². The van der Waals surface area contributed by atoms with Crippen LogP contribution in [0.4, 0.5) is 5.69 Å². The number of hydrogen-bond acceptors (Lipinski definition) is 4. The number of likely N-dealkylation sites (N-methyl/N-ethyl adjacent to an activating group) is 1. The van der Waals surface area contributed by atoms with E-state index >= 15 is 0 Å². The highest BCUT2D eigenvalue weighted by Gasteiger charge is 2.61. The minimum atomic E-state index is -0.848. The van der Waals surface area contributed by atoms with Crippen molar-refractivity contribution in [2.45, 2.75) is 24.5 Å². The summed E-state index contributed by atoms with van der Waals surface area (Å²) in [6.07, 6.45) is 3.54. The number of benzene rings is 2. The molecule has 0 aromatic heterocycles. The van der Waals surface area contributed by atoms with Gasteiger partial charge in [-0.15, -0.1) is 0 Å². The van der Waals surface area contributed by atoms with Crippen LogP contribution >= 0.6 is 0 Å². The smallest absolute Gasteiger partial charge is 0.252 e. The molecule has 2 aliphatic heterocycles. The molecule has 2 aliphatic rings. The normalized spacial score (nSPS) is 22.2. The number of piperidine rings is 1. The summed E-state index contributed by atoms with van der Waals surface area (Å²) in [6.45, 7) is 0.919. The molecule has 7 nitrogen and oxygen atoms in total. The largest absolute Gasteiger partial charge is 0.371 e. The lowest BCUT2D eigenvalue weighted by Gasteiger charge is -2.45. The van der Waals surface area contributed by atoms with Crippen molar-refractivity contribution in [1.29, 1.82) is 0 Å². The van der Waals surface area contributed by atoms with E-state index in [0.717, 1.165) is 5.56 Å². The van der Waals surface area contributed by atoms with Crippen LogP contribution in [0.3, 0.4) is 0 Å². The summed E-state index contributed by atoms with van der Waals surface area (Å²) < 4.78 is 5.51. The molecule has 1 N–H and O–H groups in total. The zero-order valence-corrected chi connectivity index (χ0v) is 18.9. The molecule has 2 heterocycles. The second-order valence-corrected chi connectivity index (χ2v) is 8.56. The number of methoxy groups -OCH3 is 1. The van der Waals surface area contributed by atoms with Gasteiger partial charge in [-0.2, -0.15) is 0 Å². The van der Waals surface area contributed by atoms with Gasteiger partial charge in [-0.3, -0.25) is 14.4 Å². The molecule has 2 atom stereocenters. The van der Waals surface area contributed by atoms with Gasteiger partial charge in [0.1, 0.15) is 6.10 Å². The second-order valence-electron chi connectivity index (χ2n) is 8.56. The molecule has 1 spiro atoms. The monoisotopic (exact) mass is 447 g/mol. The highest BCUT2D eigenvalue weighted by atomic mass is 16.5. The molecular weight excluding hydrogens is 418 g/mol. The standard InChI is InChI=1S/C26H29N3O4/c1-28-25(32)23(33-2)22(24(31)27-20-11-7-4-8-12-20)26(28)15-17-29(18-16-26)21(30)14-13-19-9-5-3-6-10-19/h3-14,22-23H,15-18H2,1-2H3,(H,27,31)/b14-13+/t22-,23+/m0/s1. The Labute approximate surface area is 194 Å². The van der Waals surface area contributed by atoms with Gasteiger partial charge in [-0.1, -0.05) is 48.5 Å². The summed E-state index contributed by atoms with van der Waals surface area (Å²) in [6, 6.07) is 18.9. The summed E-state index contributed by atoms with van der Waals surface area (Å²) in [5, 5.41) is 2.94. The minimum absolute atomic E-state index is 0.0748. The maximum atomic E-state index is 13.4. The van der Waals surface area contributed by atoms with Gasteiger partial charge in [0.2, 0.25) is 11.8 Å². The van der Waals surface area contributed by atoms with Crippen LogP contribution in [0, 0.1) is 5.92 Å². The Morgan fingerprint density at radius 3 is 2.24 bits per heavy atom. The van der Waals surface area contributed by atoms with Gasteiger partial charge in [0.25, 0.3) is 5.91 Å². The summed E-state index contributed by atoms with van der Waals surface area (Å²) in [5.74, 6) is -1.18. The van der Waals surface area contributed by atoms with Gasteiger partial charge in [-0.05, 0) is 36.6 Å². The number of carbonyl (C=O) groups is 3. The van der Waals surface area contributed by atoms with Gasteiger partial charge in [-0.25, -0.2) is 0 Å². The third-order valence-corrected chi connectivity index (χ3v) is 6.86. The average Bonchev–Trinajstić information content (AvgIpc) is 3.05. The first-order valence-electron chi connectivity index (χ1n) is 11.1. The van der Waals surface area contributed by atoms with Crippen LogP contribution < -0.4 is 5.32 Å². The van der Waals surface area contributed by atoms with Gasteiger partial charge < -0.3 is 19.9 Å². The first kappa shape index (κ1) is 22.7. The summed E-state index contributed by atoms with van der Waals surface area (Å²) in [5.41, 5.74) is 0.936. The Hall–Kier alpha value is -3.45. The number of amides is 3. The van der Waals surface area contributed by atoms with E-state index in [2.05, 4.69) is 5.32 Å². The fraction of sp³-hybridized carbons (Fsp3) is 0.346. The lowest BCUT2D eigenvalue weighted by Crippen LogP contribution is -2.58. The predicted molar refractivity (Wildman–Crippen MR) is 126 cm³/mol. The topological polar surface area (TPSA) is 79.0 Å². The molecule has 3 amide bonds. The molecule has 2 saturated heterocycles. The van der Waals surface area contributed by atoms with Crippen LogP contribution in [0.25, 0.3) is 6.08 Å². The molecule has 33 heavy (non-hydrogen) atoms. The van der Waals surface area contributed by atoms with E-state index in [1.807, 2.05) is 60.7 Å². The number of nitrogens with one attached hydrogen (secondary N) is 1. The molecule has 0 saturated carbocycles. The fourth-order valence-electron chi connectivity index (χ4n) is 5.00. The second kappa shape index (κ2) is 9.58. The van der Waals surface area contributed by atoms with Crippen LogP contribution in [0.1, 0.15) is 18.4 Å². The van der Waals surface area contributed by atoms with Crippen molar-refractivity contribution in [3.8, 4) is 0 Å². The fourth-order valence-corrected chi connectivity index (χ4v) is 5.00. The van der Waals surface area contributed by atoms with Crippen LogP contribution in [-0.4, -0.2) is 66.4 Å². The van der Waals surface area contributed by atoms with Crippen LogP contribution in [0.5, 0.6) is 0 Å². The van der Waals surface area contributed by atoms with E-state index in [-0.39, 0.29) is 17.7 Å². The van der Waals surface area contributed by atoms with Crippen molar-refractivity contribution in [1.82, 2.24) is 9.80 Å². The van der Waals surface area contributed by atoms with Crippen LogP contribution in [-0.2, 0) is 19.1 Å². The van der Waals surface area contributed by atoms with Crippen molar-refractivity contribution in [2.75, 3.05) is 32.6 Å². The Bertz CT molecular complexity index is 1030. The zero-order valence-electron chi connectivity index (χ0n) is 18.9. The molecule has 2 aromatic carbocycles. The Kier molecular flexibility index (Phi) is 6.60.